The molecule has 6 N–H and O–H groups in total. The van der Waals surface area contributed by atoms with Gasteiger partial charge in [-0.1, -0.05) is 0 Å². The normalized spacial score (nSPS) is 20.7. The fourth-order valence-corrected chi connectivity index (χ4v) is 0.823. The molecule has 0 aromatic rings. The van der Waals surface area contributed by atoms with E-state index >= 15 is 0 Å². The van der Waals surface area contributed by atoms with Gasteiger partial charge in [0.05, 0.1) is 6.61 Å². The number of rotatable bonds is 2. The summed E-state index contributed by atoms with van der Waals surface area (Å²) in [5.74, 6) is -2.78. The van der Waals surface area contributed by atoms with Gasteiger partial charge in [-0.2, -0.15) is 0 Å². The number of cyclic esters (lactones) is 1. The van der Waals surface area contributed by atoms with E-state index in [-0.39, 0.29) is 53.6 Å². The summed E-state index contributed by atoms with van der Waals surface area (Å²) in [4.78, 5) is 10.5. The van der Waals surface area contributed by atoms with Crippen molar-refractivity contribution in [1.29, 1.82) is 0 Å². The molecule has 0 saturated carbocycles. The Kier molecular flexibility index (Phi) is 11.6. The molecule has 2 atom stereocenters. The van der Waals surface area contributed by atoms with E-state index in [0.29, 0.717) is 0 Å². The summed E-state index contributed by atoms with van der Waals surface area (Å²) in [6.45, 7) is -0.671. The molecule has 1 rings (SSSR count). The average molecular weight is 269 g/mol. The number of ether oxygens (including phenoxy) is 1. The van der Waals surface area contributed by atoms with Gasteiger partial charge in [-0.05, 0) is 0 Å². The third-order valence-corrected chi connectivity index (χ3v) is 1.48. The molecule has 15 heavy (non-hydrogen) atoms. The maximum Gasteiger partial charge on any atom is 0 e. The fraction of sp³-hybridized carbons (Fsp3) is 0.500. The van der Waals surface area contributed by atoms with Crippen molar-refractivity contribution in [3.05, 3.63) is 11.5 Å². The van der Waals surface area contributed by atoms with E-state index in [9.17, 15) is 4.79 Å². The van der Waals surface area contributed by atoms with Crippen LogP contribution in [0.15, 0.2) is 11.5 Å². The molecule has 83 valence electrons. The van der Waals surface area contributed by atoms with E-state index in [1.165, 1.54) is 0 Å². The van der Waals surface area contributed by atoms with Gasteiger partial charge in [0.25, 0.3) is 0 Å². The van der Waals surface area contributed by atoms with E-state index in [0.717, 1.165) is 0 Å². The number of hydrogen-bond donors (Lipinski definition) is 4. The van der Waals surface area contributed by atoms with Crippen LogP contribution in [0.4, 0.5) is 0 Å². The molecule has 1 aliphatic heterocycles. The van der Waals surface area contributed by atoms with Crippen LogP contribution in [-0.2, 0) is 28.1 Å². The Morgan fingerprint density at radius 1 is 1.40 bits per heavy atom. The fourth-order valence-electron chi connectivity index (χ4n) is 0.823. The third-order valence-electron chi connectivity index (χ3n) is 1.48. The van der Waals surface area contributed by atoms with Gasteiger partial charge in [0, 0.05) is 18.6 Å². The molecule has 1 aliphatic rings. The summed E-state index contributed by atoms with van der Waals surface area (Å²) in [5.41, 5.74) is 0. The first kappa shape index (κ1) is 20.7. The Balaban J connectivity index is -0.000000480. The molecule has 9 heteroatoms. The Hall–Kier alpha value is 0.274. The summed E-state index contributed by atoms with van der Waals surface area (Å²) < 4.78 is 4.32. The van der Waals surface area contributed by atoms with Gasteiger partial charge < -0.3 is 30.6 Å². The van der Waals surface area contributed by atoms with Crippen molar-refractivity contribution in [3.8, 4) is 0 Å². The zero-order valence-corrected chi connectivity index (χ0v) is 8.31. The van der Waals surface area contributed by atoms with E-state index in [1.54, 1.807) is 0 Å². The SMILES string of the molecule is O.O=C1O[C@H](C(O)CO)C(O)=C1O.[NaH].[V]. The molecule has 1 unspecified atom stereocenters. The Morgan fingerprint density at radius 3 is 2.13 bits per heavy atom. The van der Waals surface area contributed by atoms with Gasteiger partial charge in [0.1, 0.15) is 6.10 Å². The number of hydrogen-bond acceptors (Lipinski definition) is 6. The number of carbonyl (C=O) groups excluding carboxylic acids is 1. The van der Waals surface area contributed by atoms with Crippen LogP contribution in [0.1, 0.15) is 0 Å². The zero-order valence-electron chi connectivity index (χ0n) is 6.91. The van der Waals surface area contributed by atoms with E-state index in [4.69, 9.17) is 20.4 Å². The van der Waals surface area contributed by atoms with Crippen molar-refractivity contribution < 1.29 is 54.0 Å². The largest absolute Gasteiger partial charge is 0 e. The van der Waals surface area contributed by atoms with Crippen LogP contribution >= 0.6 is 0 Å². The number of aliphatic hydroxyl groups is 4. The van der Waals surface area contributed by atoms with Crippen molar-refractivity contribution in [2.45, 2.75) is 12.2 Å². The topological polar surface area (TPSA) is 139 Å². The van der Waals surface area contributed by atoms with Crippen LogP contribution in [0.5, 0.6) is 0 Å². The van der Waals surface area contributed by atoms with Gasteiger partial charge in [-0.25, -0.2) is 4.79 Å². The van der Waals surface area contributed by atoms with Crippen molar-refractivity contribution in [1.82, 2.24) is 0 Å². The van der Waals surface area contributed by atoms with Crippen LogP contribution < -0.4 is 0 Å². The second-order valence-electron chi connectivity index (χ2n) is 2.31. The molecule has 0 aliphatic carbocycles. The molecule has 1 heterocycles. The van der Waals surface area contributed by atoms with Crippen molar-refractivity contribution >= 4 is 35.5 Å². The van der Waals surface area contributed by atoms with Crippen molar-refractivity contribution in [3.63, 3.8) is 0 Å². The van der Waals surface area contributed by atoms with E-state index < -0.39 is 36.3 Å². The quantitative estimate of drug-likeness (QED) is 0.313. The van der Waals surface area contributed by atoms with Gasteiger partial charge in [0.2, 0.25) is 5.76 Å². The maximum atomic E-state index is 10.5. The minimum atomic E-state index is -1.42. The molecule has 0 spiro atoms. The Labute approximate surface area is 119 Å². The van der Waals surface area contributed by atoms with Gasteiger partial charge in [-0.3, -0.25) is 0 Å². The molecule has 1 radical (unpaired) electrons. The van der Waals surface area contributed by atoms with Crippen LogP contribution in [0.25, 0.3) is 0 Å². The van der Waals surface area contributed by atoms with Crippen LogP contribution in [-0.4, -0.2) is 80.2 Å². The standard InChI is InChI=1S/C6H8O6.Na.H2O.V.H/c7-1-2(8)5-3(9)4(10)6(11)12-5;;;;/h2,5,7-10H,1H2;;1H2;;/t2?,5-;;;;/m1..../s1. The van der Waals surface area contributed by atoms with Crippen LogP contribution in [0.3, 0.4) is 0 Å². The maximum absolute atomic E-state index is 10.5. The predicted octanol–water partition coefficient (Wildman–Crippen LogP) is -2.88. The van der Waals surface area contributed by atoms with E-state index in [2.05, 4.69) is 4.74 Å². The Morgan fingerprint density at radius 2 is 1.87 bits per heavy atom. The minimum absolute atomic E-state index is 0. The number of aliphatic hydroxyl groups excluding tert-OH is 4. The Bertz CT molecular complexity index is 244. The minimum Gasteiger partial charge on any atom is 0 e. The molecular formula is C6H11NaO7V. The number of carbonyl (C=O) groups is 1. The summed E-state index contributed by atoms with van der Waals surface area (Å²) in [5, 5.41) is 35.0. The first-order chi connectivity index (χ1) is 5.57. The van der Waals surface area contributed by atoms with Crippen molar-refractivity contribution in [2.75, 3.05) is 6.61 Å². The first-order valence-electron chi connectivity index (χ1n) is 3.20. The third kappa shape index (κ3) is 4.33. The summed E-state index contributed by atoms with van der Waals surface area (Å²) in [6.07, 6.45) is -2.78. The molecule has 0 amide bonds. The van der Waals surface area contributed by atoms with Crippen LogP contribution in [0, 0.1) is 0 Å². The van der Waals surface area contributed by atoms with Gasteiger partial charge in [-0.15, -0.1) is 0 Å². The molecule has 0 bridgehead atoms. The predicted molar refractivity (Wildman–Crippen MR) is 46.0 cm³/mol. The second-order valence-corrected chi connectivity index (χ2v) is 2.31. The molecule has 0 aromatic carbocycles. The van der Waals surface area contributed by atoms with E-state index in [1.807, 2.05) is 0 Å². The van der Waals surface area contributed by atoms with Crippen LogP contribution in [0.2, 0.25) is 0 Å². The monoisotopic (exact) mass is 269 g/mol. The molecular weight excluding hydrogens is 258 g/mol. The first-order valence-corrected chi connectivity index (χ1v) is 3.20. The smallest absolute Gasteiger partial charge is 0 e. The number of esters is 1. The summed E-state index contributed by atoms with van der Waals surface area (Å²) >= 11 is 0. The van der Waals surface area contributed by atoms with Gasteiger partial charge >= 0.3 is 35.5 Å². The summed E-state index contributed by atoms with van der Waals surface area (Å²) in [7, 11) is 0. The summed E-state index contributed by atoms with van der Waals surface area (Å²) in [6, 6.07) is 0. The molecule has 0 saturated heterocycles. The molecule has 0 fully saturated rings. The van der Waals surface area contributed by atoms with Gasteiger partial charge in [0.15, 0.2) is 11.9 Å². The second kappa shape index (κ2) is 8.43. The zero-order chi connectivity index (χ0) is 9.30. The average Bonchev–Trinajstić information content (AvgIpc) is 2.32. The molecule has 7 nitrogen and oxygen atoms in total. The van der Waals surface area contributed by atoms with Crippen molar-refractivity contribution in [2.24, 2.45) is 0 Å². The molecule has 0 aromatic heterocycles.